The SMILES string of the molecule is CCC1CCC(CC2CCC(c3nnc(C4CCCC5CCCCC54)o3)C3CCCCC23)CC1. The smallest absolute Gasteiger partial charge is 0.219 e. The Morgan fingerprint density at radius 1 is 0.588 bits per heavy atom. The molecule has 0 spiro atoms. The molecule has 34 heavy (non-hydrogen) atoms. The van der Waals surface area contributed by atoms with Crippen molar-refractivity contribution in [1.29, 1.82) is 0 Å². The van der Waals surface area contributed by atoms with Crippen LogP contribution in [0.3, 0.4) is 0 Å². The lowest BCUT2D eigenvalue weighted by molar-refractivity contribution is 0.0512. The maximum atomic E-state index is 6.65. The Balaban J connectivity index is 1.13. The normalized spacial score (nSPS) is 43.1. The van der Waals surface area contributed by atoms with Crippen LogP contribution in [-0.4, -0.2) is 10.2 Å². The molecule has 6 rings (SSSR count). The fourth-order valence-corrected chi connectivity index (χ4v) is 9.79. The quantitative estimate of drug-likeness (QED) is 0.434. The van der Waals surface area contributed by atoms with Crippen LogP contribution < -0.4 is 0 Å². The van der Waals surface area contributed by atoms with Crippen LogP contribution in [0, 0.1) is 41.4 Å². The second-order valence-electron chi connectivity index (χ2n) is 13.3. The van der Waals surface area contributed by atoms with Crippen LogP contribution in [0.1, 0.15) is 153 Å². The van der Waals surface area contributed by atoms with Gasteiger partial charge in [0.25, 0.3) is 0 Å². The van der Waals surface area contributed by atoms with Crippen LogP contribution in [0.2, 0.25) is 0 Å². The lowest BCUT2D eigenvalue weighted by Gasteiger charge is -2.46. The third-order valence-electron chi connectivity index (χ3n) is 11.7. The monoisotopic (exact) mass is 466 g/mol. The molecule has 0 N–H and O–H groups in total. The van der Waals surface area contributed by atoms with Crippen molar-refractivity contribution in [3.05, 3.63) is 11.8 Å². The van der Waals surface area contributed by atoms with E-state index in [2.05, 4.69) is 6.92 Å². The van der Waals surface area contributed by atoms with Crippen molar-refractivity contribution >= 4 is 0 Å². The fourth-order valence-electron chi connectivity index (χ4n) is 9.79. The number of hydrogen-bond acceptors (Lipinski definition) is 3. The molecule has 1 aromatic rings. The first kappa shape index (κ1) is 23.5. The van der Waals surface area contributed by atoms with Crippen molar-refractivity contribution in [3.63, 3.8) is 0 Å². The van der Waals surface area contributed by atoms with Crippen molar-refractivity contribution < 1.29 is 4.42 Å². The maximum Gasteiger partial charge on any atom is 0.219 e. The van der Waals surface area contributed by atoms with Crippen LogP contribution in [0.5, 0.6) is 0 Å². The molecule has 5 aliphatic carbocycles. The summed E-state index contributed by atoms with van der Waals surface area (Å²) in [6.07, 6.45) is 27.1. The van der Waals surface area contributed by atoms with Gasteiger partial charge in [0.1, 0.15) is 0 Å². The molecule has 5 fully saturated rings. The van der Waals surface area contributed by atoms with Gasteiger partial charge in [0.15, 0.2) is 0 Å². The third kappa shape index (κ3) is 4.75. The predicted octanol–water partition coefficient (Wildman–Crippen LogP) is 9.05. The summed E-state index contributed by atoms with van der Waals surface area (Å²) in [7, 11) is 0. The summed E-state index contributed by atoms with van der Waals surface area (Å²) in [5.74, 6) is 9.62. The average molecular weight is 467 g/mol. The van der Waals surface area contributed by atoms with Crippen LogP contribution in [-0.2, 0) is 0 Å². The van der Waals surface area contributed by atoms with Gasteiger partial charge in [-0.2, -0.15) is 0 Å². The van der Waals surface area contributed by atoms with Gasteiger partial charge in [-0.3, -0.25) is 0 Å². The second kappa shape index (κ2) is 10.6. The van der Waals surface area contributed by atoms with Crippen LogP contribution in [0.4, 0.5) is 0 Å². The third-order valence-corrected chi connectivity index (χ3v) is 11.7. The van der Waals surface area contributed by atoms with E-state index in [-0.39, 0.29) is 0 Å². The summed E-state index contributed by atoms with van der Waals surface area (Å²) in [5, 5.41) is 9.54. The second-order valence-corrected chi connectivity index (χ2v) is 13.3. The number of rotatable bonds is 5. The summed E-state index contributed by atoms with van der Waals surface area (Å²) >= 11 is 0. The van der Waals surface area contributed by atoms with Gasteiger partial charge in [-0.15, -0.1) is 10.2 Å². The Hall–Kier alpha value is -0.860. The molecule has 0 aromatic carbocycles. The van der Waals surface area contributed by atoms with Crippen molar-refractivity contribution in [2.45, 2.75) is 141 Å². The number of fused-ring (bicyclic) bond motifs is 2. The molecule has 1 heterocycles. The van der Waals surface area contributed by atoms with E-state index < -0.39 is 0 Å². The molecule has 190 valence electrons. The molecule has 7 atom stereocenters. The minimum absolute atomic E-state index is 0.546. The highest BCUT2D eigenvalue weighted by Gasteiger charge is 2.44. The molecule has 0 aliphatic heterocycles. The lowest BCUT2D eigenvalue weighted by atomic mass is 9.59. The Labute approximate surface area is 208 Å². The molecular formula is C31H50N2O. The van der Waals surface area contributed by atoms with Crippen molar-refractivity contribution in [1.82, 2.24) is 10.2 Å². The topological polar surface area (TPSA) is 38.9 Å². The van der Waals surface area contributed by atoms with Crippen LogP contribution >= 0.6 is 0 Å². The minimum atomic E-state index is 0.546. The van der Waals surface area contributed by atoms with E-state index in [9.17, 15) is 0 Å². The van der Waals surface area contributed by atoms with Crippen LogP contribution in [0.15, 0.2) is 4.42 Å². The molecule has 0 saturated heterocycles. The number of hydrogen-bond donors (Lipinski definition) is 0. The van der Waals surface area contributed by atoms with E-state index in [0.717, 1.165) is 53.2 Å². The maximum absolute atomic E-state index is 6.65. The zero-order valence-electron chi connectivity index (χ0n) is 21.9. The van der Waals surface area contributed by atoms with Crippen molar-refractivity contribution in [3.8, 4) is 0 Å². The fraction of sp³-hybridized carbons (Fsp3) is 0.935. The molecule has 0 amide bonds. The van der Waals surface area contributed by atoms with E-state index in [4.69, 9.17) is 14.6 Å². The molecule has 7 unspecified atom stereocenters. The Bertz CT molecular complexity index is 778. The van der Waals surface area contributed by atoms with E-state index >= 15 is 0 Å². The highest BCUT2D eigenvalue weighted by Crippen LogP contribution is 2.54. The standard InChI is InChI=1S/C31H50N2O/c1-2-21-14-16-22(17-15-21)20-24-18-19-29(27-12-6-5-11-26(24)27)31-33-32-30(34-31)28-13-7-9-23-8-3-4-10-25(23)28/h21-29H,2-20H2,1H3. The van der Waals surface area contributed by atoms with Gasteiger partial charge in [0.2, 0.25) is 11.8 Å². The van der Waals surface area contributed by atoms with Crippen molar-refractivity contribution in [2.24, 2.45) is 41.4 Å². The highest BCUT2D eigenvalue weighted by atomic mass is 16.4. The molecular weight excluding hydrogens is 416 g/mol. The zero-order chi connectivity index (χ0) is 22.9. The summed E-state index contributed by atoms with van der Waals surface area (Å²) < 4.78 is 6.65. The van der Waals surface area contributed by atoms with Gasteiger partial charge in [0, 0.05) is 11.8 Å². The lowest BCUT2D eigenvalue weighted by Crippen LogP contribution is -2.37. The molecule has 3 heteroatoms. The molecule has 1 aromatic heterocycles. The zero-order valence-corrected chi connectivity index (χ0v) is 21.9. The molecule has 0 radical (unpaired) electrons. The number of nitrogens with zero attached hydrogens (tertiary/aromatic N) is 2. The molecule has 5 aliphatic rings. The van der Waals surface area contributed by atoms with Gasteiger partial charge in [-0.1, -0.05) is 84.0 Å². The summed E-state index contributed by atoms with van der Waals surface area (Å²) in [6.45, 7) is 2.39. The van der Waals surface area contributed by atoms with E-state index in [0.29, 0.717) is 11.8 Å². The van der Waals surface area contributed by atoms with Gasteiger partial charge < -0.3 is 4.42 Å². The Morgan fingerprint density at radius 3 is 1.97 bits per heavy atom. The highest BCUT2D eigenvalue weighted by molar-refractivity contribution is 5.06. The summed E-state index contributed by atoms with van der Waals surface area (Å²) in [5.41, 5.74) is 0. The Morgan fingerprint density at radius 2 is 1.21 bits per heavy atom. The van der Waals surface area contributed by atoms with E-state index in [1.165, 1.54) is 122 Å². The molecule has 3 nitrogen and oxygen atoms in total. The first-order valence-electron chi connectivity index (χ1n) is 15.6. The number of aromatic nitrogens is 2. The molecule has 5 saturated carbocycles. The van der Waals surface area contributed by atoms with Gasteiger partial charge in [-0.05, 0) is 86.4 Å². The summed E-state index contributed by atoms with van der Waals surface area (Å²) in [4.78, 5) is 0. The van der Waals surface area contributed by atoms with Gasteiger partial charge in [0.05, 0.1) is 0 Å². The largest absolute Gasteiger partial charge is 0.425 e. The predicted molar refractivity (Wildman–Crippen MR) is 138 cm³/mol. The van der Waals surface area contributed by atoms with Gasteiger partial charge >= 0.3 is 0 Å². The molecule has 0 bridgehead atoms. The van der Waals surface area contributed by atoms with Gasteiger partial charge in [-0.25, -0.2) is 0 Å². The first-order valence-corrected chi connectivity index (χ1v) is 15.6. The van der Waals surface area contributed by atoms with E-state index in [1.807, 2.05) is 0 Å². The van der Waals surface area contributed by atoms with E-state index in [1.54, 1.807) is 0 Å². The average Bonchev–Trinajstić information content (AvgIpc) is 3.39. The summed E-state index contributed by atoms with van der Waals surface area (Å²) in [6, 6.07) is 0. The first-order chi connectivity index (χ1) is 16.8. The Kier molecular flexibility index (Phi) is 7.36. The minimum Gasteiger partial charge on any atom is -0.425 e. The van der Waals surface area contributed by atoms with Crippen LogP contribution in [0.25, 0.3) is 0 Å². The van der Waals surface area contributed by atoms with Crippen molar-refractivity contribution in [2.75, 3.05) is 0 Å².